The topological polar surface area (TPSA) is 20.2 Å². The molecule has 1 unspecified atom stereocenters. The van der Waals surface area contributed by atoms with E-state index in [1.54, 1.807) is 0 Å². The lowest BCUT2D eigenvalue weighted by atomic mass is 9.85. The first-order valence-corrected chi connectivity index (χ1v) is 10.5. The number of hydrogen-bond donors (Lipinski definition) is 1. The minimum absolute atomic E-state index is 0.524. The molecule has 1 heteroatoms. The van der Waals surface area contributed by atoms with Gasteiger partial charge in [0.05, 0.1) is 0 Å². The van der Waals surface area contributed by atoms with Crippen LogP contribution in [-0.2, 0) is 6.42 Å². The van der Waals surface area contributed by atoms with Gasteiger partial charge in [-0.15, -0.1) is 0 Å². The van der Waals surface area contributed by atoms with E-state index in [9.17, 15) is 5.11 Å². The second-order valence-electron chi connectivity index (χ2n) is 7.34. The van der Waals surface area contributed by atoms with Crippen molar-refractivity contribution in [3.8, 4) is 5.75 Å². The molecule has 0 spiro atoms. The van der Waals surface area contributed by atoms with Crippen LogP contribution in [0.15, 0.2) is 18.2 Å². The van der Waals surface area contributed by atoms with Gasteiger partial charge in [0.15, 0.2) is 0 Å². The predicted molar refractivity (Wildman–Crippen MR) is 107 cm³/mol. The molecule has 138 valence electrons. The van der Waals surface area contributed by atoms with Gasteiger partial charge in [0.2, 0.25) is 0 Å². The Hall–Kier alpha value is -0.980. The molecule has 1 aromatic carbocycles. The maximum atomic E-state index is 10.4. The molecule has 0 aliphatic heterocycles. The molecule has 0 aromatic heterocycles. The highest BCUT2D eigenvalue weighted by molar-refractivity contribution is 5.41. The molecule has 0 fully saturated rings. The molecular formula is C23H40O. The molecule has 1 atom stereocenters. The number of unbranched alkanes of at least 4 members (excludes halogenated alkanes) is 7. The van der Waals surface area contributed by atoms with Gasteiger partial charge in [-0.2, -0.15) is 0 Å². The maximum Gasteiger partial charge on any atom is 0.119 e. The monoisotopic (exact) mass is 332 g/mol. The van der Waals surface area contributed by atoms with Crippen LogP contribution in [-0.4, -0.2) is 5.11 Å². The van der Waals surface area contributed by atoms with Crippen LogP contribution in [0.4, 0.5) is 0 Å². The summed E-state index contributed by atoms with van der Waals surface area (Å²) in [6.45, 7) is 6.81. The van der Waals surface area contributed by atoms with E-state index in [4.69, 9.17) is 0 Å². The third kappa shape index (κ3) is 7.73. The Labute approximate surface area is 150 Å². The van der Waals surface area contributed by atoms with Gasteiger partial charge in [-0.05, 0) is 48.8 Å². The van der Waals surface area contributed by atoms with Crippen molar-refractivity contribution >= 4 is 0 Å². The highest BCUT2D eigenvalue weighted by Gasteiger charge is 2.16. The molecule has 0 heterocycles. The van der Waals surface area contributed by atoms with Crippen molar-refractivity contribution < 1.29 is 5.11 Å². The summed E-state index contributed by atoms with van der Waals surface area (Å²) in [4.78, 5) is 0. The molecular weight excluding hydrogens is 292 g/mol. The van der Waals surface area contributed by atoms with E-state index in [2.05, 4.69) is 26.8 Å². The number of aromatic hydroxyl groups is 1. The van der Waals surface area contributed by atoms with Crippen LogP contribution in [0.2, 0.25) is 0 Å². The third-order valence-corrected chi connectivity index (χ3v) is 5.20. The van der Waals surface area contributed by atoms with Crippen LogP contribution in [0.25, 0.3) is 0 Å². The first-order chi connectivity index (χ1) is 11.7. The molecule has 1 nitrogen and oxygen atoms in total. The van der Waals surface area contributed by atoms with Gasteiger partial charge in [0.1, 0.15) is 5.75 Å². The summed E-state index contributed by atoms with van der Waals surface area (Å²) in [5, 5.41) is 10.4. The molecule has 0 amide bonds. The molecule has 0 saturated carbocycles. The minimum atomic E-state index is 0.524. The largest absolute Gasteiger partial charge is 0.508 e. The fraction of sp³-hybridized carbons (Fsp3) is 0.739. The SMILES string of the molecule is CCCCCCCCCc1c(O)cccc1C(CCC)CCCC. The van der Waals surface area contributed by atoms with Crippen molar-refractivity contribution in [2.24, 2.45) is 0 Å². The maximum absolute atomic E-state index is 10.4. The quantitative estimate of drug-likeness (QED) is 0.345. The normalized spacial score (nSPS) is 12.5. The first kappa shape index (κ1) is 21.1. The fourth-order valence-electron chi connectivity index (χ4n) is 3.76. The van der Waals surface area contributed by atoms with Gasteiger partial charge in [0, 0.05) is 0 Å². The molecule has 1 rings (SSSR count). The zero-order chi connectivity index (χ0) is 17.6. The van der Waals surface area contributed by atoms with E-state index in [0.29, 0.717) is 11.7 Å². The number of phenols is 1. The van der Waals surface area contributed by atoms with E-state index in [1.165, 1.54) is 88.2 Å². The first-order valence-electron chi connectivity index (χ1n) is 10.5. The highest BCUT2D eigenvalue weighted by Crippen LogP contribution is 2.34. The molecule has 1 N–H and O–H groups in total. The van der Waals surface area contributed by atoms with Crippen LogP contribution >= 0.6 is 0 Å². The van der Waals surface area contributed by atoms with Gasteiger partial charge in [-0.25, -0.2) is 0 Å². The number of benzene rings is 1. The lowest BCUT2D eigenvalue weighted by Gasteiger charge is -2.21. The van der Waals surface area contributed by atoms with Crippen molar-refractivity contribution in [2.75, 3.05) is 0 Å². The van der Waals surface area contributed by atoms with Crippen molar-refractivity contribution in [2.45, 2.75) is 110 Å². The lowest BCUT2D eigenvalue weighted by molar-refractivity contribution is 0.459. The van der Waals surface area contributed by atoms with Gasteiger partial charge in [-0.3, -0.25) is 0 Å². The summed E-state index contributed by atoms with van der Waals surface area (Å²) in [6, 6.07) is 6.18. The second kappa shape index (κ2) is 13.3. The summed E-state index contributed by atoms with van der Waals surface area (Å²) >= 11 is 0. The predicted octanol–water partition coefficient (Wildman–Crippen LogP) is 7.76. The molecule has 0 aliphatic rings. The van der Waals surface area contributed by atoms with E-state index >= 15 is 0 Å². The molecule has 0 radical (unpaired) electrons. The van der Waals surface area contributed by atoms with Crippen LogP contribution in [0.5, 0.6) is 5.75 Å². The summed E-state index contributed by atoms with van der Waals surface area (Å²) in [7, 11) is 0. The number of rotatable bonds is 14. The minimum Gasteiger partial charge on any atom is -0.508 e. The second-order valence-corrected chi connectivity index (χ2v) is 7.34. The summed E-state index contributed by atoms with van der Waals surface area (Å²) in [5.74, 6) is 1.15. The van der Waals surface area contributed by atoms with Crippen LogP contribution < -0.4 is 0 Å². The third-order valence-electron chi connectivity index (χ3n) is 5.20. The lowest BCUT2D eigenvalue weighted by Crippen LogP contribution is -2.04. The molecule has 0 aliphatic carbocycles. The van der Waals surface area contributed by atoms with Gasteiger partial charge in [-0.1, -0.05) is 90.7 Å². The van der Waals surface area contributed by atoms with E-state index in [-0.39, 0.29) is 0 Å². The number of phenolic OH excluding ortho intramolecular Hbond substituents is 1. The Morgan fingerprint density at radius 1 is 0.750 bits per heavy atom. The summed E-state index contributed by atoms with van der Waals surface area (Å²) < 4.78 is 0. The van der Waals surface area contributed by atoms with Gasteiger partial charge >= 0.3 is 0 Å². The number of hydrogen-bond acceptors (Lipinski definition) is 1. The van der Waals surface area contributed by atoms with E-state index in [1.807, 2.05) is 12.1 Å². The molecule has 0 saturated heterocycles. The Bertz CT molecular complexity index is 424. The van der Waals surface area contributed by atoms with Crippen LogP contribution in [0.1, 0.15) is 115 Å². The zero-order valence-electron chi connectivity index (χ0n) is 16.4. The Balaban J connectivity index is 2.61. The Kier molecular flexibility index (Phi) is 11.7. The van der Waals surface area contributed by atoms with Crippen LogP contribution in [0.3, 0.4) is 0 Å². The molecule has 1 aromatic rings. The Morgan fingerprint density at radius 2 is 1.42 bits per heavy atom. The van der Waals surface area contributed by atoms with Crippen molar-refractivity contribution in [3.05, 3.63) is 29.3 Å². The zero-order valence-corrected chi connectivity index (χ0v) is 16.4. The fourth-order valence-corrected chi connectivity index (χ4v) is 3.76. The summed E-state index contributed by atoms with van der Waals surface area (Å²) in [6.07, 6.45) is 16.6. The van der Waals surface area contributed by atoms with Crippen molar-refractivity contribution in [1.82, 2.24) is 0 Å². The van der Waals surface area contributed by atoms with Gasteiger partial charge in [0.25, 0.3) is 0 Å². The summed E-state index contributed by atoms with van der Waals surface area (Å²) in [5.41, 5.74) is 2.66. The average molecular weight is 333 g/mol. The standard InChI is InChI=1S/C23H40O/c1-4-7-9-10-11-12-13-17-22-21(18-14-19-23(22)24)20(15-6-3)16-8-5-2/h14,18-20,24H,4-13,15-17H2,1-3H3. The van der Waals surface area contributed by atoms with E-state index in [0.717, 1.165) is 6.42 Å². The van der Waals surface area contributed by atoms with E-state index < -0.39 is 0 Å². The van der Waals surface area contributed by atoms with Crippen LogP contribution in [0, 0.1) is 0 Å². The molecule has 0 bridgehead atoms. The smallest absolute Gasteiger partial charge is 0.119 e. The van der Waals surface area contributed by atoms with Crippen molar-refractivity contribution in [3.63, 3.8) is 0 Å². The molecule has 24 heavy (non-hydrogen) atoms. The Morgan fingerprint density at radius 3 is 2.08 bits per heavy atom. The highest BCUT2D eigenvalue weighted by atomic mass is 16.3. The average Bonchev–Trinajstić information content (AvgIpc) is 2.59. The van der Waals surface area contributed by atoms with Gasteiger partial charge < -0.3 is 5.11 Å². The van der Waals surface area contributed by atoms with Crippen molar-refractivity contribution in [1.29, 1.82) is 0 Å².